The number of esters is 1. The highest BCUT2D eigenvalue weighted by molar-refractivity contribution is 7.99. The molecule has 0 aromatic heterocycles. The quantitative estimate of drug-likeness (QED) is 0.564. The Morgan fingerprint density at radius 1 is 0.650 bits per heavy atom. The minimum absolute atomic E-state index is 0.0114. The van der Waals surface area contributed by atoms with Gasteiger partial charge in [-0.05, 0) is 43.6 Å². The smallest absolute Gasteiger partial charge is 0.305 e. The maximum atomic E-state index is 11.5. The van der Waals surface area contributed by atoms with Gasteiger partial charge in [0, 0.05) is 6.42 Å². The minimum Gasteiger partial charge on any atom is -0.466 e. The fourth-order valence-corrected chi connectivity index (χ4v) is 3.57. The number of ether oxygens (including phenoxy) is 1. The van der Waals surface area contributed by atoms with Gasteiger partial charge in [-0.3, -0.25) is 4.79 Å². The van der Waals surface area contributed by atoms with Crippen LogP contribution in [0, 0.1) is 0 Å². The third kappa shape index (κ3) is 11.6. The predicted octanol–water partition coefficient (Wildman–Crippen LogP) is 5.35. The van der Waals surface area contributed by atoms with E-state index in [1.807, 2.05) is 0 Å². The maximum Gasteiger partial charge on any atom is 0.305 e. The summed E-state index contributed by atoms with van der Waals surface area (Å²) >= 11 is 2.09. The van der Waals surface area contributed by atoms with Crippen LogP contribution in [0.1, 0.15) is 83.5 Å². The molecule has 1 fully saturated rings. The molecule has 3 heteroatoms. The Balaban J connectivity index is 2.10. The van der Waals surface area contributed by atoms with E-state index < -0.39 is 0 Å². The molecular weight excluding hydrogens is 268 g/mol. The summed E-state index contributed by atoms with van der Waals surface area (Å²) in [5.74, 6) is 2.61. The van der Waals surface area contributed by atoms with Crippen molar-refractivity contribution in [2.24, 2.45) is 0 Å². The van der Waals surface area contributed by atoms with E-state index in [1.165, 1.54) is 75.7 Å². The van der Waals surface area contributed by atoms with Gasteiger partial charge in [-0.2, -0.15) is 11.8 Å². The largest absolute Gasteiger partial charge is 0.466 e. The molecule has 2 nitrogen and oxygen atoms in total. The Morgan fingerprint density at radius 2 is 1.15 bits per heavy atom. The molecule has 20 heavy (non-hydrogen) atoms. The van der Waals surface area contributed by atoms with Crippen molar-refractivity contribution in [2.75, 3.05) is 18.1 Å². The fourth-order valence-electron chi connectivity index (χ4n) is 2.55. The van der Waals surface area contributed by atoms with E-state index in [0.29, 0.717) is 13.0 Å². The summed E-state index contributed by atoms with van der Waals surface area (Å²) in [6.07, 6.45) is 15.9. The second-order valence-corrected chi connectivity index (χ2v) is 7.05. The molecule has 0 bridgehead atoms. The Bertz CT molecular complexity index is 209. The van der Waals surface area contributed by atoms with Crippen LogP contribution in [-0.4, -0.2) is 24.1 Å². The molecule has 118 valence electrons. The first-order valence-corrected chi connectivity index (χ1v) is 9.78. The first kappa shape index (κ1) is 17.9. The molecule has 1 saturated heterocycles. The van der Waals surface area contributed by atoms with Crippen LogP contribution >= 0.6 is 11.8 Å². The van der Waals surface area contributed by atoms with E-state index in [1.54, 1.807) is 0 Å². The summed E-state index contributed by atoms with van der Waals surface area (Å²) in [4.78, 5) is 11.5. The third-order valence-electron chi connectivity index (χ3n) is 3.87. The Hall–Kier alpha value is -0.180. The van der Waals surface area contributed by atoms with Crippen LogP contribution in [0.3, 0.4) is 0 Å². The highest BCUT2D eigenvalue weighted by Gasteiger charge is 2.02. The zero-order chi connectivity index (χ0) is 14.3. The molecule has 0 spiro atoms. The summed E-state index contributed by atoms with van der Waals surface area (Å²) in [6, 6.07) is 0. The number of carbonyl (C=O) groups excluding carboxylic acids is 1. The van der Waals surface area contributed by atoms with E-state index in [9.17, 15) is 4.79 Å². The lowest BCUT2D eigenvalue weighted by Crippen LogP contribution is -2.05. The third-order valence-corrected chi connectivity index (χ3v) is 5.02. The van der Waals surface area contributed by atoms with Gasteiger partial charge in [0.25, 0.3) is 0 Å². The first-order valence-electron chi connectivity index (χ1n) is 8.63. The van der Waals surface area contributed by atoms with Crippen molar-refractivity contribution in [3.63, 3.8) is 0 Å². The first-order chi connectivity index (χ1) is 9.89. The second kappa shape index (κ2) is 13.8. The van der Waals surface area contributed by atoms with E-state index in [2.05, 4.69) is 11.8 Å². The molecule has 0 atom stereocenters. The van der Waals surface area contributed by atoms with Crippen molar-refractivity contribution in [1.29, 1.82) is 0 Å². The van der Waals surface area contributed by atoms with Crippen LogP contribution in [0.15, 0.2) is 0 Å². The SMILES string of the molecule is O=C1CCCCCCCCCCCSCCCCCO1. The van der Waals surface area contributed by atoms with E-state index in [-0.39, 0.29) is 5.97 Å². The monoisotopic (exact) mass is 300 g/mol. The molecule has 1 aliphatic rings. The zero-order valence-corrected chi connectivity index (χ0v) is 13.9. The molecule has 0 saturated carbocycles. The lowest BCUT2D eigenvalue weighted by atomic mass is 10.1. The number of thioether (sulfide) groups is 1. The van der Waals surface area contributed by atoms with Gasteiger partial charge >= 0.3 is 5.97 Å². The Labute approximate surface area is 129 Å². The predicted molar refractivity (Wildman–Crippen MR) is 88.3 cm³/mol. The van der Waals surface area contributed by atoms with Crippen LogP contribution in [-0.2, 0) is 9.53 Å². The van der Waals surface area contributed by atoms with Gasteiger partial charge in [-0.25, -0.2) is 0 Å². The number of carbonyl (C=O) groups is 1. The van der Waals surface area contributed by atoms with E-state index >= 15 is 0 Å². The van der Waals surface area contributed by atoms with Crippen molar-refractivity contribution in [3.05, 3.63) is 0 Å². The molecule has 0 N–H and O–H groups in total. The Morgan fingerprint density at radius 3 is 1.80 bits per heavy atom. The molecular formula is C17H32O2S. The van der Waals surface area contributed by atoms with Crippen LogP contribution in [0.5, 0.6) is 0 Å². The average molecular weight is 301 g/mol. The van der Waals surface area contributed by atoms with Gasteiger partial charge in [0.15, 0.2) is 0 Å². The normalized spacial score (nSPS) is 23.1. The number of hydrogen-bond acceptors (Lipinski definition) is 3. The summed E-state index contributed by atoms with van der Waals surface area (Å²) in [5, 5.41) is 0. The van der Waals surface area contributed by atoms with Gasteiger partial charge < -0.3 is 4.74 Å². The van der Waals surface area contributed by atoms with Crippen LogP contribution < -0.4 is 0 Å². The topological polar surface area (TPSA) is 26.3 Å². The lowest BCUT2D eigenvalue weighted by molar-refractivity contribution is -0.143. The van der Waals surface area contributed by atoms with Crippen molar-refractivity contribution in [1.82, 2.24) is 0 Å². The summed E-state index contributed by atoms with van der Waals surface area (Å²) < 4.78 is 5.26. The van der Waals surface area contributed by atoms with Crippen molar-refractivity contribution < 1.29 is 9.53 Å². The van der Waals surface area contributed by atoms with Crippen molar-refractivity contribution >= 4 is 17.7 Å². The molecule has 0 amide bonds. The Kier molecular flexibility index (Phi) is 12.3. The molecule has 1 aliphatic heterocycles. The second-order valence-electron chi connectivity index (χ2n) is 5.83. The number of cyclic esters (lactones) is 1. The van der Waals surface area contributed by atoms with Gasteiger partial charge in [0.1, 0.15) is 0 Å². The van der Waals surface area contributed by atoms with E-state index in [4.69, 9.17) is 4.74 Å². The molecule has 0 aliphatic carbocycles. The highest BCUT2D eigenvalue weighted by Crippen LogP contribution is 2.14. The molecule has 0 radical (unpaired) electrons. The molecule has 0 aromatic rings. The summed E-state index contributed by atoms with van der Waals surface area (Å²) in [7, 11) is 0. The average Bonchev–Trinajstić information content (AvgIpc) is 2.45. The van der Waals surface area contributed by atoms with Gasteiger partial charge in [0.2, 0.25) is 0 Å². The van der Waals surface area contributed by atoms with Gasteiger partial charge in [-0.1, -0.05) is 44.9 Å². The van der Waals surface area contributed by atoms with Gasteiger partial charge in [0.05, 0.1) is 6.61 Å². The van der Waals surface area contributed by atoms with E-state index in [0.717, 1.165) is 12.8 Å². The van der Waals surface area contributed by atoms with Gasteiger partial charge in [-0.15, -0.1) is 0 Å². The number of hydrogen-bond donors (Lipinski definition) is 0. The van der Waals surface area contributed by atoms with Crippen LogP contribution in [0.2, 0.25) is 0 Å². The molecule has 0 aromatic carbocycles. The van der Waals surface area contributed by atoms with Crippen molar-refractivity contribution in [3.8, 4) is 0 Å². The number of rotatable bonds is 0. The fraction of sp³-hybridized carbons (Fsp3) is 0.941. The van der Waals surface area contributed by atoms with Crippen LogP contribution in [0.4, 0.5) is 0 Å². The highest BCUT2D eigenvalue weighted by atomic mass is 32.2. The maximum absolute atomic E-state index is 11.5. The molecule has 1 rings (SSSR count). The molecule has 1 heterocycles. The lowest BCUT2D eigenvalue weighted by Gasteiger charge is -2.05. The van der Waals surface area contributed by atoms with Crippen LogP contribution in [0.25, 0.3) is 0 Å². The minimum atomic E-state index is 0.0114. The molecule has 0 unspecified atom stereocenters. The summed E-state index contributed by atoms with van der Waals surface area (Å²) in [6.45, 7) is 0.628. The zero-order valence-electron chi connectivity index (χ0n) is 13.0. The van der Waals surface area contributed by atoms with Crippen molar-refractivity contribution in [2.45, 2.75) is 83.5 Å². The summed E-state index contributed by atoms with van der Waals surface area (Å²) in [5.41, 5.74) is 0. The standard InChI is InChI=1S/C17H32O2S/c18-17-13-9-6-4-2-1-3-5-7-11-15-20-16-12-8-10-14-19-17/h1-16H2.